The van der Waals surface area contributed by atoms with Crippen molar-refractivity contribution in [2.75, 3.05) is 25.6 Å². The van der Waals surface area contributed by atoms with Crippen LogP contribution in [0.25, 0.3) is 0 Å². The second-order valence-electron chi connectivity index (χ2n) is 3.38. The molecule has 15 heavy (non-hydrogen) atoms. The average molecular weight is 209 g/mol. The maximum atomic E-state index is 8.67. The third-order valence-corrected chi connectivity index (χ3v) is 2.33. The van der Waals surface area contributed by atoms with Gasteiger partial charge in [-0.3, -0.25) is 0 Å². The van der Waals surface area contributed by atoms with Crippen molar-refractivity contribution >= 4 is 5.69 Å². The van der Waals surface area contributed by atoms with Crippen LogP contribution in [0.15, 0.2) is 18.2 Å². The lowest BCUT2D eigenvalue weighted by Crippen LogP contribution is -2.04. The maximum Gasteiger partial charge on any atom is 0.122 e. The first-order valence-electron chi connectivity index (χ1n) is 5.33. The van der Waals surface area contributed by atoms with Crippen molar-refractivity contribution in [3.8, 4) is 5.75 Å². The molecule has 0 aliphatic carbocycles. The van der Waals surface area contributed by atoms with Gasteiger partial charge in [0.25, 0.3) is 0 Å². The standard InChI is InChI=1S/C12H19NO2/c1-3-10-9-11(13-7-4-8-14)5-6-12(10)15-2/h5-6,9,13-14H,3-4,7-8H2,1-2H3. The molecule has 3 nitrogen and oxygen atoms in total. The van der Waals surface area contributed by atoms with Gasteiger partial charge in [-0.2, -0.15) is 0 Å². The van der Waals surface area contributed by atoms with Gasteiger partial charge in [-0.15, -0.1) is 0 Å². The van der Waals surface area contributed by atoms with Crippen molar-refractivity contribution < 1.29 is 9.84 Å². The second-order valence-corrected chi connectivity index (χ2v) is 3.38. The highest BCUT2D eigenvalue weighted by Gasteiger charge is 2.01. The van der Waals surface area contributed by atoms with E-state index in [4.69, 9.17) is 9.84 Å². The van der Waals surface area contributed by atoms with Crippen LogP contribution in [0.1, 0.15) is 18.9 Å². The SMILES string of the molecule is CCc1cc(NCCCO)ccc1OC. The number of hydrogen-bond donors (Lipinski definition) is 2. The fourth-order valence-corrected chi connectivity index (χ4v) is 1.48. The summed E-state index contributed by atoms with van der Waals surface area (Å²) in [4.78, 5) is 0. The van der Waals surface area contributed by atoms with Crippen molar-refractivity contribution in [2.45, 2.75) is 19.8 Å². The Morgan fingerprint density at radius 1 is 1.40 bits per heavy atom. The van der Waals surface area contributed by atoms with E-state index in [0.29, 0.717) is 0 Å². The Kier molecular flexibility index (Phi) is 4.98. The molecule has 0 radical (unpaired) electrons. The summed E-state index contributed by atoms with van der Waals surface area (Å²) in [5.74, 6) is 0.935. The molecule has 1 aromatic rings. The Morgan fingerprint density at radius 2 is 2.20 bits per heavy atom. The molecule has 1 aromatic carbocycles. The van der Waals surface area contributed by atoms with Gasteiger partial charge in [0.1, 0.15) is 5.75 Å². The lowest BCUT2D eigenvalue weighted by atomic mass is 10.1. The van der Waals surface area contributed by atoms with Crippen LogP contribution in [-0.2, 0) is 6.42 Å². The van der Waals surface area contributed by atoms with Crippen molar-refractivity contribution in [3.63, 3.8) is 0 Å². The number of hydrogen-bond acceptors (Lipinski definition) is 3. The lowest BCUT2D eigenvalue weighted by molar-refractivity contribution is 0.292. The van der Waals surface area contributed by atoms with Crippen LogP contribution in [0, 0.1) is 0 Å². The smallest absolute Gasteiger partial charge is 0.122 e. The van der Waals surface area contributed by atoms with Gasteiger partial charge in [0.15, 0.2) is 0 Å². The van der Waals surface area contributed by atoms with Crippen molar-refractivity contribution in [1.29, 1.82) is 0 Å². The zero-order valence-corrected chi connectivity index (χ0v) is 9.42. The predicted octanol–water partition coefficient (Wildman–Crippen LogP) is 2.05. The summed E-state index contributed by atoms with van der Waals surface area (Å²) in [6.45, 7) is 3.13. The summed E-state index contributed by atoms with van der Waals surface area (Å²) in [5, 5.41) is 11.9. The van der Waals surface area contributed by atoms with Crippen LogP contribution in [-0.4, -0.2) is 25.4 Å². The topological polar surface area (TPSA) is 41.5 Å². The summed E-state index contributed by atoms with van der Waals surface area (Å²) in [5.41, 5.74) is 2.28. The maximum absolute atomic E-state index is 8.67. The molecule has 0 aromatic heterocycles. The van der Waals surface area contributed by atoms with Crippen LogP contribution in [0.5, 0.6) is 5.75 Å². The molecule has 0 bridgehead atoms. The average Bonchev–Trinajstić information content (AvgIpc) is 2.29. The zero-order valence-electron chi connectivity index (χ0n) is 9.42. The molecule has 0 saturated heterocycles. The van der Waals surface area contributed by atoms with Gasteiger partial charge in [0, 0.05) is 18.8 Å². The van der Waals surface area contributed by atoms with E-state index in [1.54, 1.807) is 7.11 Å². The highest BCUT2D eigenvalue weighted by molar-refractivity contribution is 5.51. The molecular formula is C12H19NO2. The van der Waals surface area contributed by atoms with E-state index in [9.17, 15) is 0 Å². The number of aliphatic hydroxyl groups excluding tert-OH is 1. The summed E-state index contributed by atoms with van der Waals surface area (Å²) >= 11 is 0. The number of ether oxygens (including phenoxy) is 1. The van der Waals surface area contributed by atoms with E-state index in [1.165, 1.54) is 5.56 Å². The summed E-state index contributed by atoms with van der Waals surface area (Å²) in [6.07, 6.45) is 1.73. The van der Waals surface area contributed by atoms with Gasteiger partial charge in [0.2, 0.25) is 0 Å². The monoisotopic (exact) mass is 209 g/mol. The van der Waals surface area contributed by atoms with Crippen molar-refractivity contribution in [3.05, 3.63) is 23.8 Å². The molecule has 0 atom stereocenters. The molecule has 1 rings (SSSR count). The van der Waals surface area contributed by atoms with Gasteiger partial charge in [-0.25, -0.2) is 0 Å². The van der Waals surface area contributed by atoms with Crippen LogP contribution in [0.2, 0.25) is 0 Å². The van der Waals surface area contributed by atoms with Crippen LogP contribution in [0.3, 0.4) is 0 Å². The van der Waals surface area contributed by atoms with Crippen molar-refractivity contribution in [2.24, 2.45) is 0 Å². The van der Waals surface area contributed by atoms with E-state index in [-0.39, 0.29) is 6.61 Å². The number of methoxy groups -OCH3 is 1. The van der Waals surface area contributed by atoms with Gasteiger partial charge < -0.3 is 15.2 Å². The first-order chi connectivity index (χ1) is 7.31. The molecule has 0 saturated carbocycles. The van der Waals surface area contributed by atoms with E-state index in [0.717, 1.165) is 30.8 Å². The molecule has 2 N–H and O–H groups in total. The molecule has 84 valence electrons. The Morgan fingerprint density at radius 3 is 2.80 bits per heavy atom. The molecular weight excluding hydrogens is 190 g/mol. The number of aryl methyl sites for hydroxylation is 1. The summed E-state index contributed by atoms with van der Waals surface area (Å²) in [7, 11) is 1.69. The highest BCUT2D eigenvalue weighted by atomic mass is 16.5. The van der Waals surface area contributed by atoms with E-state index >= 15 is 0 Å². The van der Waals surface area contributed by atoms with E-state index in [1.807, 2.05) is 12.1 Å². The quantitative estimate of drug-likeness (QED) is 0.705. The minimum atomic E-state index is 0.226. The minimum absolute atomic E-state index is 0.226. The fraction of sp³-hybridized carbons (Fsp3) is 0.500. The normalized spacial score (nSPS) is 10.1. The molecule has 0 fully saturated rings. The largest absolute Gasteiger partial charge is 0.496 e. The molecule has 3 heteroatoms. The van der Waals surface area contributed by atoms with Gasteiger partial charge in [-0.1, -0.05) is 6.92 Å². The van der Waals surface area contributed by atoms with Crippen LogP contribution < -0.4 is 10.1 Å². The van der Waals surface area contributed by atoms with Gasteiger partial charge >= 0.3 is 0 Å². The first kappa shape index (κ1) is 11.9. The fourth-order valence-electron chi connectivity index (χ4n) is 1.48. The van der Waals surface area contributed by atoms with Crippen molar-refractivity contribution in [1.82, 2.24) is 0 Å². The zero-order chi connectivity index (χ0) is 11.1. The van der Waals surface area contributed by atoms with Gasteiger partial charge in [-0.05, 0) is 36.6 Å². The first-order valence-corrected chi connectivity index (χ1v) is 5.33. The molecule has 0 aliphatic rings. The van der Waals surface area contributed by atoms with Crippen LogP contribution >= 0.6 is 0 Å². The third-order valence-electron chi connectivity index (χ3n) is 2.33. The number of nitrogens with one attached hydrogen (secondary N) is 1. The number of rotatable bonds is 6. The van der Waals surface area contributed by atoms with E-state index in [2.05, 4.69) is 18.3 Å². The molecule has 0 aliphatic heterocycles. The number of benzene rings is 1. The van der Waals surface area contributed by atoms with E-state index < -0.39 is 0 Å². The lowest BCUT2D eigenvalue weighted by Gasteiger charge is -2.10. The highest BCUT2D eigenvalue weighted by Crippen LogP contribution is 2.22. The molecule has 0 unspecified atom stereocenters. The second kappa shape index (κ2) is 6.30. The number of aliphatic hydroxyl groups is 1. The molecule has 0 amide bonds. The Hall–Kier alpha value is -1.22. The Balaban J connectivity index is 2.66. The number of anilines is 1. The van der Waals surface area contributed by atoms with Crippen LogP contribution in [0.4, 0.5) is 5.69 Å². The summed E-state index contributed by atoms with van der Waals surface area (Å²) in [6, 6.07) is 6.06. The Bertz CT molecular complexity index is 300. The summed E-state index contributed by atoms with van der Waals surface area (Å²) < 4.78 is 5.25. The Labute approximate surface area is 91.1 Å². The predicted molar refractivity (Wildman–Crippen MR) is 62.6 cm³/mol. The van der Waals surface area contributed by atoms with Gasteiger partial charge in [0.05, 0.1) is 7.11 Å². The molecule has 0 spiro atoms. The minimum Gasteiger partial charge on any atom is -0.496 e. The molecule has 0 heterocycles. The third kappa shape index (κ3) is 3.44.